The predicted octanol–water partition coefficient (Wildman–Crippen LogP) is 9.77. The van der Waals surface area contributed by atoms with E-state index in [0.29, 0.717) is 6.42 Å². The van der Waals surface area contributed by atoms with Crippen LogP contribution in [0, 0.1) is 0 Å². The molecule has 3 saturated heterocycles. The maximum atomic E-state index is 13.4. The number of aliphatic hydroxyl groups is 11. The Morgan fingerprint density at radius 2 is 0.734 bits per heavy atom. The van der Waals surface area contributed by atoms with Crippen molar-refractivity contribution in [2.45, 2.75) is 304 Å². The number of amides is 1. The molecule has 3 aliphatic heterocycles. The molecular formula is C75H123NO18. The molecule has 3 aliphatic rings. The molecule has 19 heteroatoms. The average Bonchev–Trinajstić information content (AvgIpc) is 0.794. The zero-order valence-corrected chi connectivity index (χ0v) is 56.6. The number of hydrogen-bond donors (Lipinski definition) is 12. The smallest absolute Gasteiger partial charge is 0.220 e. The molecule has 17 unspecified atom stereocenters. The van der Waals surface area contributed by atoms with Crippen molar-refractivity contribution in [3.8, 4) is 0 Å². The first-order valence-corrected chi connectivity index (χ1v) is 35.4. The van der Waals surface area contributed by atoms with Gasteiger partial charge in [0, 0.05) is 6.42 Å². The topological polar surface area (TPSA) is 307 Å². The van der Waals surface area contributed by atoms with Gasteiger partial charge in [0.25, 0.3) is 0 Å². The lowest BCUT2D eigenvalue weighted by Gasteiger charge is -2.48. The number of carbonyl (C=O) groups excluding carboxylic acids is 1. The third kappa shape index (κ3) is 36.0. The third-order valence-corrected chi connectivity index (χ3v) is 16.7. The second-order valence-electron chi connectivity index (χ2n) is 24.6. The van der Waals surface area contributed by atoms with Gasteiger partial charge in [0.1, 0.15) is 73.2 Å². The van der Waals surface area contributed by atoms with Crippen molar-refractivity contribution in [3.05, 3.63) is 134 Å². The second-order valence-corrected chi connectivity index (χ2v) is 24.6. The summed E-state index contributed by atoms with van der Waals surface area (Å²) < 4.78 is 34.3. The van der Waals surface area contributed by atoms with Crippen molar-refractivity contribution in [2.75, 3.05) is 26.4 Å². The van der Waals surface area contributed by atoms with Crippen LogP contribution in [0.2, 0.25) is 0 Å². The van der Waals surface area contributed by atoms with Gasteiger partial charge < -0.3 is 89.9 Å². The fourth-order valence-corrected chi connectivity index (χ4v) is 11.0. The minimum Gasteiger partial charge on any atom is -0.394 e. The van der Waals surface area contributed by atoms with Crippen molar-refractivity contribution >= 4 is 5.91 Å². The number of ether oxygens (including phenoxy) is 6. The van der Waals surface area contributed by atoms with Crippen LogP contribution in [0.15, 0.2) is 134 Å². The van der Waals surface area contributed by atoms with Crippen molar-refractivity contribution < 1.29 is 89.4 Å². The fraction of sp³-hybridized carbons (Fsp3) is 0.693. The van der Waals surface area contributed by atoms with E-state index in [2.05, 4.69) is 141 Å². The quantitative estimate of drug-likeness (QED) is 0.0199. The van der Waals surface area contributed by atoms with E-state index in [1.54, 1.807) is 6.08 Å². The highest BCUT2D eigenvalue weighted by molar-refractivity contribution is 5.76. The van der Waals surface area contributed by atoms with E-state index in [4.69, 9.17) is 28.4 Å². The molecule has 0 aliphatic carbocycles. The molecule has 12 N–H and O–H groups in total. The van der Waals surface area contributed by atoms with E-state index in [1.807, 2.05) is 6.08 Å². The Morgan fingerprint density at radius 1 is 0.394 bits per heavy atom. The van der Waals surface area contributed by atoms with Gasteiger partial charge >= 0.3 is 0 Å². The minimum atomic E-state index is -1.99. The van der Waals surface area contributed by atoms with Crippen molar-refractivity contribution in [1.29, 1.82) is 0 Å². The van der Waals surface area contributed by atoms with Crippen LogP contribution in [0.4, 0.5) is 0 Å². The maximum Gasteiger partial charge on any atom is 0.220 e. The average molecular weight is 1330 g/mol. The second kappa shape index (κ2) is 54.9. The summed E-state index contributed by atoms with van der Waals surface area (Å²) in [4.78, 5) is 13.4. The molecular weight excluding hydrogens is 1200 g/mol. The SMILES string of the molecule is CC/C=C\C/C=C\C/C=C\C/C=C\C/C=C\C/C=C\C/C=C\C/C=C\C/C=C\C/C=C\CCCCCCCCC(=O)NC(COC1OC(CO)C(OC2OC(CO)C(OC3OC(CO)C(O)C(O)C3O)C(O)C2O)C(O)C1O)C(O)/C=C/CCCCCCCCCCCC. The summed E-state index contributed by atoms with van der Waals surface area (Å²) >= 11 is 0. The molecule has 19 nitrogen and oxygen atoms in total. The summed E-state index contributed by atoms with van der Waals surface area (Å²) in [6.07, 6.45) is 50.1. The Hall–Kier alpha value is -4.07. The van der Waals surface area contributed by atoms with E-state index in [9.17, 15) is 61.0 Å². The Bertz CT molecular complexity index is 2220. The van der Waals surface area contributed by atoms with E-state index < -0.39 is 124 Å². The lowest BCUT2D eigenvalue weighted by molar-refractivity contribution is -0.379. The van der Waals surface area contributed by atoms with Gasteiger partial charge in [-0.05, 0) is 96.3 Å². The van der Waals surface area contributed by atoms with Crippen LogP contribution in [0.25, 0.3) is 0 Å². The number of carbonyl (C=O) groups is 1. The third-order valence-electron chi connectivity index (χ3n) is 16.7. The van der Waals surface area contributed by atoms with Gasteiger partial charge in [-0.25, -0.2) is 0 Å². The molecule has 536 valence electrons. The van der Waals surface area contributed by atoms with Gasteiger partial charge in [-0.15, -0.1) is 0 Å². The molecule has 0 saturated carbocycles. The summed E-state index contributed by atoms with van der Waals surface area (Å²) in [5.41, 5.74) is 0. The highest BCUT2D eigenvalue weighted by Gasteiger charge is 2.53. The predicted molar refractivity (Wildman–Crippen MR) is 369 cm³/mol. The molecule has 0 aromatic carbocycles. The summed E-state index contributed by atoms with van der Waals surface area (Å²) in [6, 6.07) is -0.990. The van der Waals surface area contributed by atoms with Crippen LogP contribution < -0.4 is 5.32 Å². The lowest BCUT2D eigenvalue weighted by atomic mass is 9.96. The van der Waals surface area contributed by atoms with E-state index >= 15 is 0 Å². The fourth-order valence-electron chi connectivity index (χ4n) is 11.0. The van der Waals surface area contributed by atoms with Crippen LogP contribution in [0.5, 0.6) is 0 Å². The molecule has 0 bridgehead atoms. The van der Waals surface area contributed by atoms with Gasteiger partial charge in [-0.2, -0.15) is 0 Å². The monoisotopic (exact) mass is 1330 g/mol. The minimum absolute atomic E-state index is 0.217. The van der Waals surface area contributed by atoms with Crippen LogP contribution >= 0.6 is 0 Å². The summed E-state index contributed by atoms with van der Waals surface area (Å²) in [5.74, 6) is -0.298. The first-order valence-electron chi connectivity index (χ1n) is 35.4. The lowest BCUT2D eigenvalue weighted by Crippen LogP contribution is -2.66. The molecule has 0 spiro atoms. The Balaban J connectivity index is 1.36. The van der Waals surface area contributed by atoms with Crippen LogP contribution in [-0.2, 0) is 33.2 Å². The standard InChI is InChI=1S/C75H123NO18/c1-3-5-7-9-11-13-15-17-18-19-20-21-22-23-24-25-26-27-28-29-30-31-32-33-34-35-36-37-38-39-40-41-43-45-47-49-51-53-63(81)76-58(59(80)52-50-48-46-44-42-16-14-12-10-8-6-4-2)57-89-73-69(87)66(84)71(61(55-78)91-73)94-75-70(88)67(85)72(62(56-79)92-75)93-74-68(86)65(83)64(82)60(54-77)90-74/h5,7,11,13,17-18,20-21,23-24,26-27,29-30,32-33,35-36,38-39,50,52,58-62,64-75,77-80,82-88H,3-4,6,8-10,12,14-16,19,22,25,28,31,34,37,40-49,51,53-57H2,1-2H3,(H,76,81)/b7-5-,13-11-,18-17-,21-20-,24-23-,27-26-,30-29-,33-32-,36-35-,39-38-,52-50+. The van der Waals surface area contributed by atoms with Gasteiger partial charge in [-0.3, -0.25) is 4.79 Å². The molecule has 0 radical (unpaired) electrons. The zero-order valence-electron chi connectivity index (χ0n) is 56.6. The van der Waals surface area contributed by atoms with Gasteiger partial charge in [0.05, 0.1) is 38.6 Å². The molecule has 0 aromatic rings. The summed E-state index contributed by atoms with van der Waals surface area (Å²) in [6.45, 7) is 1.56. The summed E-state index contributed by atoms with van der Waals surface area (Å²) in [7, 11) is 0. The summed E-state index contributed by atoms with van der Waals surface area (Å²) in [5, 5.41) is 120. The zero-order chi connectivity index (χ0) is 68.2. The van der Waals surface area contributed by atoms with Gasteiger partial charge in [-0.1, -0.05) is 231 Å². The number of unbranched alkanes of at least 4 members (excludes halogenated alkanes) is 16. The number of rotatable bonds is 52. The Labute approximate surface area is 562 Å². The molecule has 3 rings (SSSR count). The first-order chi connectivity index (χ1) is 45.8. The largest absolute Gasteiger partial charge is 0.394 e. The van der Waals surface area contributed by atoms with Gasteiger partial charge in [0.2, 0.25) is 5.91 Å². The van der Waals surface area contributed by atoms with Crippen molar-refractivity contribution in [1.82, 2.24) is 5.32 Å². The van der Waals surface area contributed by atoms with Crippen molar-refractivity contribution in [3.63, 3.8) is 0 Å². The first kappa shape index (κ1) is 84.2. The van der Waals surface area contributed by atoms with Crippen LogP contribution in [0.1, 0.15) is 200 Å². The van der Waals surface area contributed by atoms with E-state index in [0.717, 1.165) is 128 Å². The molecule has 94 heavy (non-hydrogen) atoms. The number of aliphatic hydroxyl groups excluding tert-OH is 11. The Kier molecular flexibility index (Phi) is 49.1. The van der Waals surface area contributed by atoms with Gasteiger partial charge in [0.15, 0.2) is 18.9 Å². The highest BCUT2D eigenvalue weighted by atomic mass is 16.8. The molecule has 3 fully saturated rings. The Morgan fingerprint density at radius 3 is 1.15 bits per heavy atom. The normalized spacial score (nSPS) is 28.2. The molecule has 3 heterocycles. The number of nitrogens with one attached hydrogen (secondary N) is 1. The number of hydrogen-bond acceptors (Lipinski definition) is 18. The molecule has 0 aromatic heterocycles. The maximum absolute atomic E-state index is 13.4. The van der Waals surface area contributed by atoms with Crippen LogP contribution in [0.3, 0.4) is 0 Å². The number of allylic oxidation sites excluding steroid dienone is 21. The van der Waals surface area contributed by atoms with E-state index in [-0.39, 0.29) is 18.9 Å². The molecule has 1 amide bonds. The highest BCUT2D eigenvalue weighted by Crippen LogP contribution is 2.33. The van der Waals surface area contributed by atoms with Crippen molar-refractivity contribution in [2.24, 2.45) is 0 Å². The van der Waals surface area contributed by atoms with E-state index in [1.165, 1.54) is 44.9 Å². The van der Waals surface area contributed by atoms with Crippen LogP contribution in [-0.4, -0.2) is 193 Å². The molecule has 17 atom stereocenters.